The number of halogens is 4. The van der Waals surface area contributed by atoms with Crippen molar-refractivity contribution in [3.8, 4) is 11.1 Å². The Hall–Kier alpha value is -2.26. The molecule has 162 valence electrons. The number of carbonyl (C=O) groups is 1. The van der Waals surface area contributed by atoms with Crippen LogP contribution in [0.4, 0.5) is 13.2 Å². The predicted octanol–water partition coefficient (Wildman–Crippen LogP) is 5.93. The summed E-state index contributed by atoms with van der Waals surface area (Å²) in [6, 6.07) is 5.99. The molecule has 1 amide bonds. The number of amides is 1. The van der Waals surface area contributed by atoms with Crippen molar-refractivity contribution in [2.45, 2.75) is 39.5 Å². The van der Waals surface area contributed by atoms with E-state index in [1.54, 1.807) is 38.1 Å². The number of rotatable bonds is 6. The summed E-state index contributed by atoms with van der Waals surface area (Å²) < 4.78 is 43.0. The van der Waals surface area contributed by atoms with Gasteiger partial charge in [-0.25, -0.2) is 0 Å². The highest BCUT2D eigenvalue weighted by Crippen LogP contribution is 2.41. The Labute approximate surface area is 182 Å². The average molecular weight is 459 g/mol. The van der Waals surface area contributed by atoms with Gasteiger partial charge in [0.25, 0.3) is 5.91 Å². The van der Waals surface area contributed by atoms with Gasteiger partial charge in [0.05, 0.1) is 17.1 Å². The van der Waals surface area contributed by atoms with Gasteiger partial charge in [-0.2, -0.15) is 13.2 Å². The highest BCUT2D eigenvalue weighted by atomic mass is 35.5. The molecule has 10 heteroatoms. The lowest BCUT2D eigenvalue weighted by Gasteiger charge is -2.24. The van der Waals surface area contributed by atoms with Crippen molar-refractivity contribution >= 4 is 39.9 Å². The molecule has 0 bridgehead atoms. The fourth-order valence-electron chi connectivity index (χ4n) is 3.11. The Morgan fingerprint density at radius 2 is 1.87 bits per heavy atom. The smallest absolute Gasteiger partial charge is 0.338 e. The van der Waals surface area contributed by atoms with Crippen LogP contribution in [0.15, 0.2) is 24.3 Å². The maximum absolute atomic E-state index is 14.1. The molecule has 0 saturated carbocycles. The maximum Gasteiger partial charge on any atom is 0.431 e. The molecule has 2 N–H and O–H groups in total. The zero-order valence-electron chi connectivity index (χ0n) is 16.9. The summed E-state index contributed by atoms with van der Waals surface area (Å²) in [6.07, 6.45) is -4.74. The molecule has 5 nitrogen and oxygen atoms in total. The van der Waals surface area contributed by atoms with Crippen LogP contribution in [0.25, 0.3) is 11.1 Å². The first-order chi connectivity index (χ1) is 13.9. The van der Waals surface area contributed by atoms with Gasteiger partial charge in [0, 0.05) is 23.7 Å². The van der Waals surface area contributed by atoms with Gasteiger partial charge in [-0.15, -0.1) is 0 Å². The second-order valence-corrected chi connectivity index (χ2v) is 8.36. The minimum Gasteiger partial charge on any atom is -0.338 e. The monoisotopic (exact) mass is 458 g/mol. The third kappa shape index (κ3) is 4.89. The van der Waals surface area contributed by atoms with Crippen LogP contribution in [-0.4, -0.2) is 39.1 Å². The molecular weight excluding hydrogens is 437 g/mol. The largest absolute Gasteiger partial charge is 0.431 e. The number of hydrogen-bond donors (Lipinski definition) is 2. The number of carbonyl (C=O) groups excluding carboxylic acids is 1. The van der Waals surface area contributed by atoms with Gasteiger partial charge >= 0.3 is 6.18 Å². The zero-order chi connectivity index (χ0) is 22.8. The molecule has 0 aliphatic rings. The molecule has 2 aromatic rings. The normalized spacial score (nSPS) is 11.6. The molecule has 0 radical (unpaired) electrons. The van der Waals surface area contributed by atoms with E-state index in [0.29, 0.717) is 22.3 Å². The van der Waals surface area contributed by atoms with E-state index in [1.807, 2.05) is 0 Å². The first-order valence-corrected chi connectivity index (χ1v) is 10.2. The molecule has 1 aromatic carbocycles. The maximum atomic E-state index is 14.1. The first-order valence-electron chi connectivity index (χ1n) is 8.96. The Kier molecular flexibility index (Phi) is 7.41. The van der Waals surface area contributed by atoms with Gasteiger partial charge in [-0.1, -0.05) is 35.5 Å². The molecule has 1 heterocycles. The van der Waals surface area contributed by atoms with Crippen LogP contribution in [0.2, 0.25) is 5.02 Å². The third-order valence-corrected chi connectivity index (χ3v) is 5.49. The van der Waals surface area contributed by atoms with E-state index in [0.717, 1.165) is 10.1 Å². The van der Waals surface area contributed by atoms with Crippen molar-refractivity contribution < 1.29 is 18.0 Å². The van der Waals surface area contributed by atoms with E-state index in [2.05, 4.69) is 0 Å². The van der Waals surface area contributed by atoms with E-state index in [1.165, 1.54) is 18.9 Å². The standard InChI is InChI=1S/C20H22ClF3N4OS/c1-11(2)27(4)19(29)17-16(13-5-7-14(21)8-6-13)12(3)18(20(22,23)24)28(17)9-15(26)30-10-25/h5-8,10-11,25-26H,9H2,1-4H3. The number of hydrogen-bond acceptors (Lipinski definition) is 4. The lowest BCUT2D eigenvalue weighted by molar-refractivity contribution is -0.143. The van der Waals surface area contributed by atoms with Crippen molar-refractivity contribution in [3.05, 3.63) is 46.2 Å². The van der Waals surface area contributed by atoms with Gasteiger partial charge < -0.3 is 14.9 Å². The minimum absolute atomic E-state index is 0.0991. The van der Waals surface area contributed by atoms with Crippen molar-refractivity contribution in [2.75, 3.05) is 7.05 Å². The van der Waals surface area contributed by atoms with Crippen LogP contribution < -0.4 is 0 Å². The molecule has 0 aliphatic heterocycles. The lowest BCUT2D eigenvalue weighted by atomic mass is 10.00. The van der Waals surface area contributed by atoms with E-state index in [4.69, 9.17) is 22.4 Å². The third-order valence-electron chi connectivity index (χ3n) is 4.71. The highest BCUT2D eigenvalue weighted by Gasteiger charge is 2.41. The van der Waals surface area contributed by atoms with Crippen LogP contribution in [0, 0.1) is 17.7 Å². The molecular formula is C20H22ClF3N4OS. The predicted molar refractivity (Wildman–Crippen MR) is 116 cm³/mol. The number of aromatic nitrogens is 1. The second kappa shape index (κ2) is 9.26. The number of nitrogens with zero attached hydrogens (tertiary/aromatic N) is 2. The van der Waals surface area contributed by atoms with E-state index in [9.17, 15) is 18.0 Å². The second-order valence-electron chi connectivity index (χ2n) is 6.96. The summed E-state index contributed by atoms with van der Waals surface area (Å²) in [5.74, 6) is -0.582. The summed E-state index contributed by atoms with van der Waals surface area (Å²) in [4.78, 5) is 14.6. The Balaban J connectivity index is 2.90. The van der Waals surface area contributed by atoms with Crippen LogP contribution in [-0.2, 0) is 12.7 Å². The Morgan fingerprint density at radius 1 is 1.30 bits per heavy atom. The SMILES string of the molecule is Cc1c(-c2ccc(Cl)cc2)c(C(=O)N(C)C(C)C)n(CC(=N)SC=N)c1C(F)(F)F. The number of thioether (sulfide) groups is 1. The van der Waals surface area contributed by atoms with Crippen LogP contribution in [0.3, 0.4) is 0 Å². The van der Waals surface area contributed by atoms with Gasteiger partial charge in [-0.3, -0.25) is 10.2 Å². The van der Waals surface area contributed by atoms with Gasteiger partial charge in [0.2, 0.25) is 0 Å². The molecule has 0 atom stereocenters. The molecule has 0 spiro atoms. The molecule has 1 aromatic heterocycles. The van der Waals surface area contributed by atoms with E-state index in [-0.39, 0.29) is 27.9 Å². The molecule has 0 fully saturated rings. The Morgan fingerprint density at radius 3 is 2.33 bits per heavy atom. The van der Waals surface area contributed by atoms with Crippen molar-refractivity contribution in [1.29, 1.82) is 10.8 Å². The number of benzene rings is 1. The van der Waals surface area contributed by atoms with Gasteiger partial charge in [0.1, 0.15) is 11.4 Å². The topological polar surface area (TPSA) is 72.9 Å². The highest BCUT2D eigenvalue weighted by molar-refractivity contribution is 8.24. The van der Waals surface area contributed by atoms with Crippen LogP contribution in [0.5, 0.6) is 0 Å². The van der Waals surface area contributed by atoms with Gasteiger partial charge in [-0.05, 0) is 44.0 Å². The lowest BCUT2D eigenvalue weighted by Crippen LogP contribution is -2.35. The molecule has 30 heavy (non-hydrogen) atoms. The Bertz CT molecular complexity index is 968. The summed E-state index contributed by atoms with van der Waals surface area (Å²) in [7, 11) is 1.52. The molecule has 0 aliphatic carbocycles. The van der Waals surface area contributed by atoms with Crippen molar-refractivity contribution in [3.63, 3.8) is 0 Å². The zero-order valence-corrected chi connectivity index (χ0v) is 18.5. The summed E-state index contributed by atoms with van der Waals surface area (Å²) in [5, 5.41) is 15.3. The summed E-state index contributed by atoms with van der Waals surface area (Å²) in [5.41, 5.74) is 0.223. The van der Waals surface area contributed by atoms with Crippen molar-refractivity contribution in [1.82, 2.24) is 9.47 Å². The average Bonchev–Trinajstić information content (AvgIpc) is 2.93. The van der Waals surface area contributed by atoms with Crippen LogP contribution in [0.1, 0.15) is 35.6 Å². The van der Waals surface area contributed by atoms with Gasteiger partial charge in [0.15, 0.2) is 0 Å². The molecule has 0 saturated heterocycles. The fourth-order valence-corrected chi connectivity index (χ4v) is 3.59. The van der Waals surface area contributed by atoms with E-state index < -0.39 is 24.3 Å². The first kappa shape index (κ1) is 24.0. The molecule has 0 unspecified atom stereocenters. The quantitative estimate of drug-likeness (QED) is 0.415. The molecule has 2 rings (SSSR count). The van der Waals surface area contributed by atoms with Crippen molar-refractivity contribution in [2.24, 2.45) is 0 Å². The van der Waals surface area contributed by atoms with E-state index >= 15 is 0 Å². The summed E-state index contributed by atoms with van der Waals surface area (Å²) >= 11 is 6.62. The summed E-state index contributed by atoms with van der Waals surface area (Å²) in [6.45, 7) is 4.37. The minimum atomic E-state index is -4.74. The van der Waals surface area contributed by atoms with Crippen LogP contribution >= 0.6 is 23.4 Å². The number of nitrogens with one attached hydrogen (secondary N) is 2. The fraction of sp³-hybridized carbons (Fsp3) is 0.350. The number of alkyl halides is 3.